The van der Waals surface area contributed by atoms with Crippen molar-refractivity contribution < 1.29 is 13.2 Å². The van der Waals surface area contributed by atoms with Crippen LogP contribution in [0.1, 0.15) is 24.8 Å². The molecule has 0 aliphatic carbocycles. The van der Waals surface area contributed by atoms with Gasteiger partial charge >= 0.3 is 0 Å². The molecule has 0 radical (unpaired) electrons. The molecule has 0 saturated carbocycles. The van der Waals surface area contributed by atoms with E-state index in [0.717, 1.165) is 46.3 Å². The van der Waals surface area contributed by atoms with Crippen LogP contribution >= 0.6 is 11.8 Å². The number of hydrogen-bond acceptors (Lipinski definition) is 6. The SMILES string of the molecule is Cc1ccc2nc(-c3ccccc3)nc(SCC(=O)Nc3ccc(S(=O)(=O)N4CCCCC4)cc3)c2c1. The van der Waals surface area contributed by atoms with E-state index in [9.17, 15) is 13.2 Å². The number of aryl methyl sites for hydroxylation is 1. The maximum Gasteiger partial charge on any atom is 0.243 e. The molecule has 1 saturated heterocycles. The van der Waals surface area contributed by atoms with E-state index >= 15 is 0 Å². The van der Waals surface area contributed by atoms with Crippen molar-refractivity contribution in [3.8, 4) is 11.4 Å². The molecule has 1 fully saturated rings. The highest BCUT2D eigenvalue weighted by Gasteiger charge is 2.25. The zero-order valence-corrected chi connectivity index (χ0v) is 22.2. The summed E-state index contributed by atoms with van der Waals surface area (Å²) in [6.45, 7) is 3.13. The van der Waals surface area contributed by atoms with Gasteiger partial charge in [-0.2, -0.15) is 4.31 Å². The number of hydrogen-bond donors (Lipinski definition) is 1. The lowest BCUT2D eigenvalue weighted by Crippen LogP contribution is -2.35. The summed E-state index contributed by atoms with van der Waals surface area (Å²) in [5.41, 5.74) is 3.38. The first-order chi connectivity index (χ1) is 17.9. The molecule has 7 nitrogen and oxygen atoms in total. The Bertz CT molecular complexity index is 1520. The smallest absolute Gasteiger partial charge is 0.243 e. The summed E-state index contributed by atoms with van der Waals surface area (Å²) >= 11 is 1.36. The molecule has 190 valence electrons. The summed E-state index contributed by atoms with van der Waals surface area (Å²) in [5.74, 6) is 0.574. The third-order valence-electron chi connectivity index (χ3n) is 6.28. The molecule has 1 aliphatic rings. The molecule has 3 aromatic carbocycles. The molecule has 0 unspecified atom stereocenters. The molecular formula is C28H28N4O3S2. The predicted molar refractivity (Wildman–Crippen MR) is 148 cm³/mol. The number of carbonyl (C=O) groups excluding carboxylic acids is 1. The van der Waals surface area contributed by atoms with Gasteiger partial charge in [-0.25, -0.2) is 18.4 Å². The van der Waals surface area contributed by atoms with E-state index in [0.29, 0.717) is 24.6 Å². The molecule has 1 aromatic heterocycles. The molecule has 4 aromatic rings. The first kappa shape index (κ1) is 25.4. The van der Waals surface area contributed by atoms with Crippen molar-refractivity contribution in [1.82, 2.24) is 14.3 Å². The van der Waals surface area contributed by atoms with Gasteiger partial charge in [0.1, 0.15) is 5.03 Å². The van der Waals surface area contributed by atoms with Crippen LogP contribution in [-0.4, -0.2) is 47.4 Å². The third kappa shape index (κ3) is 5.84. The second-order valence-corrected chi connectivity index (χ2v) is 12.0. The number of fused-ring (bicyclic) bond motifs is 1. The summed E-state index contributed by atoms with van der Waals surface area (Å²) < 4.78 is 27.3. The minimum atomic E-state index is -3.50. The predicted octanol–water partition coefficient (Wildman–Crippen LogP) is 5.51. The Balaban J connectivity index is 1.29. The Morgan fingerprint density at radius 1 is 0.946 bits per heavy atom. The molecule has 1 aliphatic heterocycles. The standard InChI is InChI=1S/C28H28N4O3S2/c1-20-10-15-25-24(18-20)28(31-27(30-25)21-8-4-2-5-9-21)36-19-26(33)29-22-11-13-23(14-12-22)37(34,35)32-16-6-3-7-17-32/h2,4-5,8-15,18H,3,6-7,16-17,19H2,1H3,(H,29,33). The molecular weight excluding hydrogens is 504 g/mol. The van der Waals surface area contributed by atoms with E-state index in [1.165, 1.54) is 16.1 Å². The van der Waals surface area contributed by atoms with Crippen LogP contribution in [0.2, 0.25) is 0 Å². The van der Waals surface area contributed by atoms with Gasteiger partial charge in [0.2, 0.25) is 15.9 Å². The lowest BCUT2D eigenvalue weighted by Gasteiger charge is -2.25. The van der Waals surface area contributed by atoms with E-state index in [1.54, 1.807) is 24.3 Å². The van der Waals surface area contributed by atoms with Crippen molar-refractivity contribution in [2.45, 2.75) is 36.1 Å². The first-order valence-electron chi connectivity index (χ1n) is 12.3. The summed E-state index contributed by atoms with van der Waals surface area (Å²) in [4.78, 5) is 22.5. The van der Waals surface area contributed by atoms with E-state index in [1.807, 2.05) is 55.5 Å². The van der Waals surface area contributed by atoms with Gasteiger partial charge in [-0.15, -0.1) is 0 Å². The second-order valence-electron chi connectivity index (χ2n) is 9.06. The van der Waals surface area contributed by atoms with Crippen LogP contribution in [0, 0.1) is 6.92 Å². The van der Waals surface area contributed by atoms with E-state index in [2.05, 4.69) is 5.32 Å². The zero-order chi connectivity index (χ0) is 25.8. The van der Waals surface area contributed by atoms with Gasteiger partial charge in [0.15, 0.2) is 5.82 Å². The van der Waals surface area contributed by atoms with Crippen molar-refractivity contribution in [1.29, 1.82) is 0 Å². The van der Waals surface area contributed by atoms with Crippen LogP contribution < -0.4 is 5.32 Å². The largest absolute Gasteiger partial charge is 0.325 e. The highest BCUT2D eigenvalue weighted by atomic mass is 32.2. The van der Waals surface area contributed by atoms with Gasteiger partial charge in [-0.3, -0.25) is 4.79 Å². The molecule has 0 spiro atoms. The minimum Gasteiger partial charge on any atom is -0.325 e. The van der Waals surface area contributed by atoms with Gasteiger partial charge in [-0.1, -0.05) is 60.1 Å². The number of piperidine rings is 1. The van der Waals surface area contributed by atoms with Crippen LogP contribution in [0.15, 0.2) is 82.7 Å². The van der Waals surface area contributed by atoms with Crippen molar-refractivity contribution >= 4 is 44.3 Å². The average molecular weight is 533 g/mol. The number of thioether (sulfide) groups is 1. The number of sulfonamides is 1. The Kier molecular flexibility index (Phi) is 7.55. The summed E-state index contributed by atoms with van der Waals surface area (Å²) in [6, 6.07) is 22.2. The molecule has 2 heterocycles. The molecule has 0 bridgehead atoms. The Hall–Kier alpha value is -3.27. The van der Waals surface area contributed by atoms with Crippen LogP contribution in [-0.2, 0) is 14.8 Å². The van der Waals surface area contributed by atoms with E-state index in [4.69, 9.17) is 9.97 Å². The Labute approximate surface area is 221 Å². The van der Waals surface area contributed by atoms with E-state index in [-0.39, 0.29) is 16.6 Å². The van der Waals surface area contributed by atoms with Crippen LogP contribution in [0.4, 0.5) is 5.69 Å². The molecule has 9 heteroatoms. The topological polar surface area (TPSA) is 92.3 Å². The third-order valence-corrected chi connectivity index (χ3v) is 9.18. The van der Waals surface area contributed by atoms with Crippen molar-refractivity contribution in [2.24, 2.45) is 0 Å². The number of nitrogens with one attached hydrogen (secondary N) is 1. The van der Waals surface area contributed by atoms with Crippen molar-refractivity contribution in [3.05, 3.63) is 78.4 Å². The van der Waals surface area contributed by atoms with Crippen LogP contribution in [0.5, 0.6) is 0 Å². The van der Waals surface area contributed by atoms with Gasteiger partial charge in [0.05, 0.1) is 16.2 Å². The van der Waals surface area contributed by atoms with E-state index < -0.39 is 10.0 Å². The number of anilines is 1. The molecule has 1 amide bonds. The highest BCUT2D eigenvalue weighted by molar-refractivity contribution is 8.00. The highest BCUT2D eigenvalue weighted by Crippen LogP contribution is 2.29. The lowest BCUT2D eigenvalue weighted by atomic mass is 10.1. The maximum atomic E-state index is 12.9. The van der Waals surface area contributed by atoms with Crippen LogP contribution in [0.3, 0.4) is 0 Å². The molecule has 1 N–H and O–H groups in total. The molecule has 5 rings (SSSR count). The number of amides is 1. The fourth-order valence-corrected chi connectivity index (χ4v) is 6.66. The van der Waals surface area contributed by atoms with Crippen molar-refractivity contribution in [3.63, 3.8) is 0 Å². The summed E-state index contributed by atoms with van der Waals surface area (Å²) in [7, 11) is -3.50. The zero-order valence-electron chi connectivity index (χ0n) is 20.6. The normalized spacial score (nSPS) is 14.5. The monoisotopic (exact) mass is 532 g/mol. The van der Waals surface area contributed by atoms with Gasteiger partial charge in [0.25, 0.3) is 0 Å². The van der Waals surface area contributed by atoms with Crippen molar-refractivity contribution in [2.75, 3.05) is 24.2 Å². The maximum absolute atomic E-state index is 12.9. The number of aromatic nitrogens is 2. The quantitative estimate of drug-likeness (QED) is 0.249. The average Bonchev–Trinajstić information content (AvgIpc) is 2.93. The Morgan fingerprint density at radius 3 is 2.41 bits per heavy atom. The fourth-order valence-electron chi connectivity index (χ4n) is 4.34. The summed E-state index contributed by atoms with van der Waals surface area (Å²) in [5, 5.41) is 4.51. The summed E-state index contributed by atoms with van der Waals surface area (Å²) in [6.07, 6.45) is 2.84. The lowest BCUT2D eigenvalue weighted by molar-refractivity contribution is -0.113. The molecule has 0 atom stereocenters. The minimum absolute atomic E-state index is 0.155. The Morgan fingerprint density at radius 2 is 1.68 bits per heavy atom. The number of benzene rings is 3. The van der Waals surface area contributed by atoms with Crippen LogP contribution in [0.25, 0.3) is 22.3 Å². The number of nitrogens with zero attached hydrogens (tertiary/aromatic N) is 3. The number of rotatable bonds is 7. The second kappa shape index (κ2) is 11.0. The first-order valence-corrected chi connectivity index (χ1v) is 14.7. The fraction of sp³-hybridized carbons (Fsp3) is 0.250. The van der Waals surface area contributed by atoms with Gasteiger partial charge in [-0.05, 0) is 56.2 Å². The van der Waals surface area contributed by atoms with Gasteiger partial charge < -0.3 is 5.32 Å². The number of carbonyl (C=O) groups is 1. The van der Waals surface area contributed by atoms with Gasteiger partial charge in [0, 0.05) is 29.7 Å². The molecule has 37 heavy (non-hydrogen) atoms.